The van der Waals surface area contributed by atoms with Gasteiger partial charge < -0.3 is 14.5 Å². The molecule has 5 rings (SSSR count). The third-order valence-corrected chi connectivity index (χ3v) is 7.17. The largest absolute Gasteiger partial charge is 0.444 e. The van der Waals surface area contributed by atoms with Crippen LogP contribution in [0.5, 0.6) is 0 Å². The van der Waals surface area contributed by atoms with Gasteiger partial charge in [-0.15, -0.1) is 0 Å². The first-order chi connectivity index (χ1) is 15.8. The monoisotopic (exact) mass is 450 g/mol. The van der Waals surface area contributed by atoms with E-state index in [2.05, 4.69) is 25.8 Å². The van der Waals surface area contributed by atoms with E-state index in [1.807, 2.05) is 50.3 Å². The third kappa shape index (κ3) is 4.67. The van der Waals surface area contributed by atoms with E-state index in [9.17, 15) is 4.79 Å². The molecule has 3 fully saturated rings. The van der Waals surface area contributed by atoms with Gasteiger partial charge in [0.1, 0.15) is 17.7 Å². The van der Waals surface area contributed by atoms with Gasteiger partial charge in [0.05, 0.1) is 0 Å². The number of hydrogen-bond donors (Lipinski definition) is 0. The summed E-state index contributed by atoms with van der Waals surface area (Å²) < 4.78 is 5.54. The highest BCUT2D eigenvalue weighted by molar-refractivity contribution is 5.74. The van der Waals surface area contributed by atoms with Gasteiger partial charge in [0, 0.05) is 80.4 Å². The number of likely N-dealkylation sites (tertiary alicyclic amines) is 1. The van der Waals surface area contributed by atoms with Crippen LogP contribution in [0.1, 0.15) is 40.0 Å². The Hall–Kier alpha value is -2.74. The Balaban J connectivity index is 1.16. The van der Waals surface area contributed by atoms with Crippen molar-refractivity contribution in [2.45, 2.75) is 51.7 Å². The van der Waals surface area contributed by atoms with Crippen molar-refractivity contribution in [3.63, 3.8) is 0 Å². The first-order valence-electron chi connectivity index (χ1n) is 12.0. The summed E-state index contributed by atoms with van der Waals surface area (Å²) in [6, 6.07) is 4.68. The van der Waals surface area contributed by atoms with Crippen LogP contribution in [-0.2, 0) is 4.74 Å². The lowest BCUT2D eigenvalue weighted by Crippen LogP contribution is -2.59. The molecule has 2 saturated heterocycles. The fourth-order valence-electron chi connectivity index (χ4n) is 5.61. The number of hydrogen-bond acceptors (Lipinski definition) is 7. The minimum absolute atomic E-state index is 0.167. The molecule has 1 aliphatic carbocycles. The summed E-state index contributed by atoms with van der Waals surface area (Å²) in [7, 11) is 0. The van der Waals surface area contributed by atoms with Crippen LogP contribution >= 0.6 is 0 Å². The van der Waals surface area contributed by atoms with Crippen LogP contribution in [0.4, 0.5) is 10.6 Å². The van der Waals surface area contributed by atoms with Crippen LogP contribution in [0, 0.1) is 5.41 Å². The zero-order valence-corrected chi connectivity index (χ0v) is 19.9. The Morgan fingerprint density at radius 1 is 1.12 bits per heavy atom. The molecule has 1 saturated carbocycles. The number of amides is 1. The molecule has 8 nitrogen and oxygen atoms in total. The number of anilines is 1. The second kappa shape index (κ2) is 8.56. The molecule has 8 heteroatoms. The fourth-order valence-corrected chi connectivity index (χ4v) is 5.61. The van der Waals surface area contributed by atoms with Gasteiger partial charge in [0.15, 0.2) is 0 Å². The number of rotatable bonds is 3. The molecule has 0 aromatic carbocycles. The number of pyridine rings is 1. The summed E-state index contributed by atoms with van der Waals surface area (Å²) in [6.07, 6.45) is 10.6. The molecular formula is C25H34N6O2. The summed E-state index contributed by atoms with van der Waals surface area (Å²) in [6.45, 7) is 11.5. The number of carbonyl (C=O) groups excluding carboxylic acids is 1. The average molecular weight is 451 g/mol. The molecular weight excluding hydrogens is 416 g/mol. The van der Waals surface area contributed by atoms with Gasteiger partial charge >= 0.3 is 6.09 Å². The van der Waals surface area contributed by atoms with Gasteiger partial charge in [0.25, 0.3) is 0 Å². The van der Waals surface area contributed by atoms with Gasteiger partial charge in [-0.3, -0.25) is 4.90 Å². The lowest BCUT2D eigenvalue weighted by molar-refractivity contribution is -0.0344. The summed E-state index contributed by atoms with van der Waals surface area (Å²) in [5, 5.41) is 0. The van der Waals surface area contributed by atoms with Crippen LogP contribution < -0.4 is 4.90 Å². The van der Waals surface area contributed by atoms with E-state index in [0.717, 1.165) is 56.2 Å². The molecule has 0 bridgehead atoms. The third-order valence-electron chi connectivity index (χ3n) is 7.17. The molecule has 1 atom stereocenters. The number of carbonyl (C=O) groups is 1. The Bertz CT molecular complexity index is 978. The zero-order chi connectivity index (χ0) is 23.1. The predicted molar refractivity (Wildman–Crippen MR) is 127 cm³/mol. The van der Waals surface area contributed by atoms with Crippen LogP contribution in [0.15, 0.2) is 37.1 Å². The summed E-state index contributed by atoms with van der Waals surface area (Å²) in [5.74, 6) is 1.02. The van der Waals surface area contributed by atoms with Gasteiger partial charge in [-0.05, 0) is 52.2 Å². The van der Waals surface area contributed by atoms with E-state index in [1.54, 1.807) is 6.33 Å². The van der Waals surface area contributed by atoms with Crippen molar-refractivity contribution in [2.75, 3.05) is 44.2 Å². The smallest absolute Gasteiger partial charge is 0.410 e. The van der Waals surface area contributed by atoms with Crippen LogP contribution in [0.2, 0.25) is 0 Å². The van der Waals surface area contributed by atoms with Crippen molar-refractivity contribution < 1.29 is 9.53 Å². The van der Waals surface area contributed by atoms with Crippen molar-refractivity contribution >= 4 is 11.9 Å². The van der Waals surface area contributed by atoms with E-state index >= 15 is 0 Å². The molecule has 2 aliphatic heterocycles. The predicted octanol–water partition coefficient (Wildman–Crippen LogP) is 3.45. The fraction of sp³-hybridized carbons (Fsp3) is 0.600. The Labute approximate surface area is 196 Å². The molecule has 176 valence electrons. The van der Waals surface area contributed by atoms with Gasteiger partial charge in [-0.25, -0.2) is 19.7 Å². The number of aromatic nitrogens is 3. The highest BCUT2D eigenvalue weighted by atomic mass is 16.6. The maximum Gasteiger partial charge on any atom is 0.410 e. The summed E-state index contributed by atoms with van der Waals surface area (Å²) >= 11 is 0. The van der Waals surface area contributed by atoms with Crippen molar-refractivity contribution in [3.05, 3.63) is 37.1 Å². The van der Waals surface area contributed by atoms with E-state index in [-0.39, 0.29) is 6.09 Å². The maximum absolute atomic E-state index is 12.3. The van der Waals surface area contributed by atoms with Crippen molar-refractivity contribution in [3.8, 4) is 11.1 Å². The molecule has 1 amide bonds. The maximum atomic E-state index is 12.3. The Morgan fingerprint density at radius 3 is 2.55 bits per heavy atom. The number of piperazine rings is 1. The number of ether oxygens (including phenoxy) is 1. The van der Waals surface area contributed by atoms with E-state index < -0.39 is 5.60 Å². The minimum Gasteiger partial charge on any atom is -0.444 e. The lowest BCUT2D eigenvalue weighted by atomic mass is 9.78. The topological polar surface area (TPSA) is 74.7 Å². The first-order valence-corrected chi connectivity index (χ1v) is 12.0. The van der Waals surface area contributed by atoms with E-state index in [1.165, 1.54) is 19.3 Å². The minimum atomic E-state index is -0.432. The highest BCUT2D eigenvalue weighted by Crippen LogP contribution is 2.47. The summed E-state index contributed by atoms with van der Waals surface area (Å²) in [5.41, 5.74) is 1.95. The molecule has 2 aromatic rings. The summed E-state index contributed by atoms with van der Waals surface area (Å²) in [4.78, 5) is 32.3. The number of nitrogens with zero attached hydrogens (tertiary/aromatic N) is 6. The van der Waals surface area contributed by atoms with Gasteiger partial charge in [-0.1, -0.05) is 0 Å². The SMILES string of the molecule is CC(C)(C)OC(=O)N1CC2(CCC(N3CCN(c4ncccc4-c4cncnc4)CC3)C2)C1. The zero-order valence-electron chi connectivity index (χ0n) is 19.9. The molecule has 1 unspecified atom stereocenters. The van der Waals surface area contributed by atoms with Crippen molar-refractivity contribution in [1.82, 2.24) is 24.8 Å². The van der Waals surface area contributed by atoms with Crippen LogP contribution in [-0.4, -0.2) is 81.8 Å². The molecule has 4 heterocycles. The second-order valence-electron chi connectivity index (χ2n) is 10.8. The standard InChI is InChI=1S/C25H34N6O2/c1-24(2,3)33-23(32)31-16-25(17-31)7-6-20(13-25)29-9-11-30(12-10-29)22-21(5-4-8-28-22)19-14-26-18-27-15-19/h4-5,8,14-15,18,20H,6-7,9-13,16-17H2,1-3H3. The molecule has 33 heavy (non-hydrogen) atoms. The molecule has 0 N–H and O–H groups in total. The Morgan fingerprint density at radius 2 is 1.85 bits per heavy atom. The second-order valence-corrected chi connectivity index (χ2v) is 10.8. The van der Waals surface area contributed by atoms with Gasteiger partial charge in [-0.2, -0.15) is 0 Å². The van der Waals surface area contributed by atoms with Crippen molar-refractivity contribution in [2.24, 2.45) is 5.41 Å². The normalized spacial score (nSPS) is 22.9. The Kier molecular flexibility index (Phi) is 5.72. The first kappa shape index (κ1) is 22.1. The molecule has 3 aliphatic rings. The van der Waals surface area contributed by atoms with E-state index in [0.29, 0.717) is 11.5 Å². The highest BCUT2D eigenvalue weighted by Gasteiger charge is 2.51. The molecule has 0 radical (unpaired) electrons. The van der Waals surface area contributed by atoms with Crippen molar-refractivity contribution in [1.29, 1.82) is 0 Å². The van der Waals surface area contributed by atoms with Gasteiger partial charge in [0.2, 0.25) is 0 Å². The van der Waals surface area contributed by atoms with Crippen LogP contribution in [0.25, 0.3) is 11.1 Å². The molecule has 1 spiro atoms. The average Bonchev–Trinajstić information content (AvgIpc) is 3.24. The quantitative estimate of drug-likeness (QED) is 0.709. The van der Waals surface area contributed by atoms with Crippen LogP contribution in [0.3, 0.4) is 0 Å². The molecule has 2 aromatic heterocycles. The lowest BCUT2D eigenvalue weighted by Gasteiger charge is -2.48. The van der Waals surface area contributed by atoms with E-state index in [4.69, 9.17) is 9.72 Å².